The number of ether oxygens (including phenoxy) is 5. The summed E-state index contributed by atoms with van der Waals surface area (Å²) in [4.78, 5) is 13.8. The highest BCUT2D eigenvalue weighted by atomic mass is 16.8. The Hall–Kier alpha value is -3.71. The number of fused-ring (bicyclic) bond motifs is 1. The van der Waals surface area contributed by atoms with Gasteiger partial charge in [0.05, 0.1) is 19.8 Å². The molecule has 2 saturated heterocycles. The zero-order valence-electron chi connectivity index (χ0n) is 23.3. The van der Waals surface area contributed by atoms with Crippen LogP contribution in [0.15, 0.2) is 39.5 Å². The Morgan fingerprint density at radius 1 is 0.841 bits per heavy atom. The molecule has 10 atom stereocenters. The molecule has 1 aromatic heterocycles. The molecular formula is C28H32O16. The summed E-state index contributed by atoms with van der Waals surface area (Å²) in [5, 5.41) is 92.5. The van der Waals surface area contributed by atoms with Gasteiger partial charge in [0.1, 0.15) is 59.1 Å². The molecule has 5 rings (SSSR count). The average Bonchev–Trinajstić information content (AvgIpc) is 2.98. The van der Waals surface area contributed by atoms with Crippen LogP contribution in [-0.4, -0.2) is 121 Å². The van der Waals surface area contributed by atoms with Gasteiger partial charge in [-0.2, -0.15) is 0 Å². The minimum atomic E-state index is -1.90. The molecule has 44 heavy (non-hydrogen) atoms. The Kier molecular flexibility index (Phi) is 8.90. The molecular weight excluding hydrogens is 592 g/mol. The van der Waals surface area contributed by atoms with Gasteiger partial charge < -0.3 is 74.1 Å². The first-order valence-corrected chi connectivity index (χ1v) is 13.4. The van der Waals surface area contributed by atoms with Gasteiger partial charge >= 0.3 is 0 Å². The largest absolute Gasteiger partial charge is 0.508 e. The first-order chi connectivity index (χ1) is 20.9. The number of benzene rings is 2. The Labute approximate surface area is 248 Å². The van der Waals surface area contributed by atoms with Crippen molar-refractivity contribution in [2.24, 2.45) is 0 Å². The molecule has 2 aliphatic heterocycles. The van der Waals surface area contributed by atoms with Crippen molar-refractivity contribution < 1.29 is 74.1 Å². The fourth-order valence-electron chi connectivity index (χ4n) is 5.09. The minimum absolute atomic E-state index is 0.0460. The number of aromatic hydroxyl groups is 3. The normalized spacial score (nSPS) is 32.5. The van der Waals surface area contributed by atoms with Gasteiger partial charge in [0.15, 0.2) is 29.7 Å². The summed E-state index contributed by atoms with van der Waals surface area (Å²) in [5.74, 6) is -2.40. The molecule has 0 aliphatic carbocycles. The highest BCUT2D eigenvalue weighted by molar-refractivity contribution is 5.88. The van der Waals surface area contributed by atoms with E-state index < -0.39 is 96.1 Å². The van der Waals surface area contributed by atoms with Crippen molar-refractivity contribution >= 4 is 11.0 Å². The maximum absolute atomic E-state index is 13.8. The molecule has 2 aromatic carbocycles. The van der Waals surface area contributed by atoms with Crippen LogP contribution >= 0.6 is 0 Å². The second-order valence-corrected chi connectivity index (χ2v) is 10.4. The predicted octanol–water partition coefficient (Wildman–Crippen LogP) is -1.38. The van der Waals surface area contributed by atoms with Gasteiger partial charge in [0.2, 0.25) is 17.5 Å². The third-order valence-electron chi connectivity index (χ3n) is 7.52. The third-order valence-corrected chi connectivity index (χ3v) is 7.52. The lowest BCUT2D eigenvalue weighted by Gasteiger charge is -2.45. The molecule has 2 aliphatic rings. The molecule has 0 saturated carbocycles. The number of hydrogen-bond acceptors (Lipinski definition) is 16. The smallest absolute Gasteiger partial charge is 0.239 e. The summed E-state index contributed by atoms with van der Waals surface area (Å²) in [5.41, 5.74) is -1.23. The molecule has 16 nitrogen and oxygen atoms in total. The number of methoxy groups -OCH3 is 1. The zero-order chi connectivity index (χ0) is 32.0. The number of phenolic OH excluding ortho intramolecular Hbond substituents is 3. The first kappa shape index (κ1) is 31.7. The average molecular weight is 625 g/mol. The van der Waals surface area contributed by atoms with E-state index in [-0.39, 0.29) is 28.4 Å². The van der Waals surface area contributed by atoms with Crippen molar-refractivity contribution in [3.05, 3.63) is 40.6 Å². The van der Waals surface area contributed by atoms with Crippen molar-refractivity contribution in [1.29, 1.82) is 0 Å². The van der Waals surface area contributed by atoms with Gasteiger partial charge in [-0.15, -0.1) is 0 Å². The van der Waals surface area contributed by atoms with Gasteiger partial charge in [0, 0.05) is 17.7 Å². The van der Waals surface area contributed by atoms with E-state index in [9.17, 15) is 50.8 Å². The quantitative estimate of drug-likeness (QED) is 0.147. The van der Waals surface area contributed by atoms with Crippen LogP contribution in [0.1, 0.15) is 6.92 Å². The molecule has 240 valence electrons. The lowest BCUT2D eigenvalue weighted by Crippen LogP contribution is -2.64. The monoisotopic (exact) mass is 624 g/mol. The van der Waals surface area contributed by atoms with Crippen molar-refractivity contribution in [3.63, 3.8) is 0 Å². The Balaban J connectivity index is 1.62. The molecule has 0 bridgehead atoms. The van der Waals surface area contributed by atoms with E-state index in [0.717, 1.165) is 12.1 Å². The molecule has 16 heteroatoms. The number of hydrogen-bond donors (Lipinski definition) is 9. The third kappa shape index (κ3) is 5.63. The molecule has 0 unspecified atom stereocenters. The van der Waals surface area contributed by atoms with Gasteiger partial charge in [-0.3, -0.25) is 4.79 Å². The molecule has 0 amide bonds. The number of phenols is 3. The highest BCUT2D eigenvalue weighted by Gasteiger charge is 2.51. The van der Waals surface area contributed by atoms with Crippen LogP contribution in [0, 0.1) is 0 Å². The van der Waals surface area contributed by atoms with Crippen molar-refractivity contribution in [1.82, 2.24) is 0 Å². The second-order valence-electron chi connectivity index (χ2n) is 10.4. The summed E-state index contributed by atoms with van der Waals surface area (Å²) >= 11 is 0. The summed E-state index contributed by atoms with van der Waals surface area (Å²) in [6.07, 6.45) is -16.5. The van der Waals surface area contributed by atoms with Crippen LogP contribution in [0.3, 0.4) is 0 Å². The lowest BCUT2D eigenvalue weighted by atomic mass is 9.97. The first-order valence-electron chi connectivity index (χ1n) is 13.4. The van der Waals surface area contributed by atoms with Crippen molar-refractivity contribution in [2.75, 3.05) is 13.7 Å². The SMILES string of the molecule is COc1ccc(-c2oc3cc(O)cc(O)c3c(=O)c2O[C@@H]2O[C@H](CO)[C@H](O)[C@H](O)[C@@H]2O[C@@H]2O[C@@H](C)[C@H](O)[C@@H](O)[C@H]2O)cc1O. The van der Waals surface area contributed by atoms with Gasteiger partial charge in [-0.1, -0.05) is 0 Å². The summed E-state index contributed by atoms with van der Waals surface area (Å²) < 4.78 is 33.6. The highest BCUT2D eigenvalue weighted by Crippen LogP contribution is 2.40. The van der Waals surface area contributed by atoms with E-state index in [4.69, 9.17) is 28.1 Å². The number of aliphatic hydroxyl groups is 6. The molecule has 3 heterocycles. The van der Waals surface area contributed by atoms with Crippen LogP contribution in [0.2, 0.25) is 0 Å². The van der Waals surface area contributed by atoms with Crippen molar-refractivity contribution in [2.45, 2.75) is 68.3 Å². The summed E-state index contributed by atoms with van der Waals surface area (Å²) in [6.45, 7) is 0.566. The summed E-state index contributed by atoms with van der Waals surface area (Å²) in [6, 6.07) is 5.86. The molecule has 0 radical (unpaired) electrons. The Morgan fingerprint density at radius 2 is 1.57 bits per heavy atom. The van der Waals surface area contributed by atoms with E-state index in [2.05, 4.69) is 0 Å². The minimum Gasteiger partial charge on any atom is -0.508 e. The van der Waals surface area contributed by atoms with Gasteiger partial charge in [-0.25, -0.2) is 0 Å². The molecule has 3 aromatic rings. The van der Waals surface area contributed by atoms with Crippen molar-refractivity contribution in [3.8, 4) is 40.1 Å². The topological polar surface area (TPSA) is 258 Å². The Morgan fingerprint density at radius 3 is 2.23 bits per heavy atom. The number of rotatable bonds is 7. The molecule has 2 fully saturated rings. The maximum atomic E-state index is 13.8. The summed E-state index contributed by atoms with van der Waals surface area (Å²) in [7, 11) is 1.32. The fraction of sp³-hybridized carbons (Fsp3) is 0.464. The van der Waals surface area contributed by atoms with E-state index >= 15 is 0 Å². The second kappa shape index (κ2) is 12.4. The molecule has 0 spiro atoms. The van der Waals surface area contributed by atoms with Crippen LogP contribution in [-0.2, 0) is 14.2 Å². The van der Waals surface area contributed by atoms with Gasteiger partial charge in [-0.05, 0) is 25.1 Å². The molecule has 9 N–H and O–H groups in total. The van der Waals surface area contributed by atoms with Crippen LogP contribution in [0.5, 0.6) is 28.7 Å². The maximum Gasteiger partial charge on any atom is 0.239 e. The zero-order valence-corrected chi connectivity index (χ0v) is 23.3. The van der Waals surface area contributed by atoms with Crippen LogP contribution < -0.4 is 14.9 Å². The predicted molar refractivity (Wildman–Crippen MR) is 145 cm³/mol. The van der Waals surface area contributed by atoms with E-state index in [0.29, 0.717) is 0 Å². The van der Waals surface area contributed by atoms with E-state index in [1.807, 2.05) is 0 Å². The van der Waals surface area contributed by atoms with Crippen LogP contribution in [0.25, 0.3) is 22.3 Å². The van der Waals surface area contributed by atoms with E-state index in [1.165, 1.54) is 32.2 Å². The van der Waals surface area contributed by atoms with Gasteiger partial charge in [0.25, 0.3) is 0 Å². The number of aliphatic hydroxyl groups excluding tert-OH is 6. The Bertz CT molecular complexity index is 1560. The van der Waals surface area contributed by atoms with Crippen LogP contribution in [0.4, 0.5) is 0 Å². The van der Waals surface area contributed by atoms with E-state index in [1.54, 1.807) is 0 Å². The lowest BCUT2D eigenvalue weighted by molar-refractivity contribution is -0.354. The fourth-order valence-corrected chi connectivity index (χ4v) is 5.09. The standard InChI is InChI=1S/C28H32O16/c1-9-18(33)21(36)23(38)27(40-9)44-26-22(37)19(34)16(8-29)42-28(26)43-25-20(35)17-13(32)6-11(30)7-15(17)41-24(25)10-3-4-14(39-2)12(31)5-10/h3-7,9,16,18-19,21-23,26-34,36-38H,8H2,1-2H3/t9-,16+,18-,19-,21+,22-,23+,26-,27-,28-/m0/s1.